The lowest BCUT2D eigenvalue weighted by Gasteiger charge is -2.22. The van der Waals surface area contributed by atoms with Crippen LogP contribution in [0.5, 0.6) is 5.75 Å². The molecule has 0 saturated carbocycles. The second-order valence-electron chi connectivity index (χ2n) is 3.83. The van der Waals surface area contributed by atoms with Crippen LogP contribution >= 0.6 is 27.7 Å². The zero-order chi connectivity index (χ0) is 12.1. The van der Waals surface area contributed by atoms with Gasteiger partial charge in [-0.15, -0.1) is 11.8 Å². The van der Waals surface area contributed by atoms with Crippen LogP contribution in [0.15, 0.2) is 27.6 Å². The molecule has 0 unspecified atom stereocenters. The maximum atomic E-state index is 5.34. The van der Waals surface area contributed by atoms with Gasteiger partial charge in [-0.2, -0.15) is 0 Å². The topological polar surface area (TPSA) is 27.7 Å². The monoisotopic (exact) mass is 318 g/mol. The Morgan fingerprint density at radius 2 is 2.18 bits per heavy atom. The molecule has 0 atom stereocenters. The fourth-order valence-electron chi connectivity index (χ4n) is 1.60. The van der Waals surface area contributed by atoms with Crippen LogP contribution in [0.25, 0.3) is 0 Å². The number of hydrogen-bond donors (Lipinski definition) is 0. The van der Waals surface area contributed by atoms with E-state index < -0.39 is 0 Å². The van der Waals surface area contributed by atoms with E-state index in [1.54, 1.807) is 18.9 Å². The third-order valence-electron chi connectivity index (χ3n) is 2.47. The van der Waals surface area contributed by atoms with E-state index in [2.05, 4.69) is 22.0 Å². The Morgan fingerprint density at radius 1 is 1.41 bits per heavy atom. The average molecular weight is 319 g/mol. The molecule has 1 aromatic carbocycles. The van der Waals surface area contributed by atoms with Crippen LogP contribution in [0.3, 0.4) is 0 Å². The van der Waals surface area contributed by atoms with Gasteiger partial charge in [0, 0.05) is 16.1 Å². The molecule has 0 bridgehead atoms. The zero-order valence-corrected chi connectivity index (χ0v) is 12.1. The van der Waals surface area contributed by atoms with Crippen LogP contribution < -0.4 is 4.74 Å². The van der Waals surface area contributed by atoms with Crippen molar-refractivity contribution in [2.45, 2.75) is 4.90 Å². The molecule has 5 heteroatoms. The minimum absolute atomic E-state index is 0.432. The molecule has 0 amide bonds. The van der Waals surface area contributed by atoms with Crippen molar-refractivity contribution in [1.82, 2.24) is 0 Å². The van der Waals surface area contributed by atoms with E-state index in [1.807, 2.05) is 12.1 Å². The average Bonchev–Trinajstić information content (AvgIpc) is 2.38. The molecule has 2 rings (SSSR count). The number of rotatable bonds is 4. The van der Waals surface area contributed by atoms with E-state index in [4.69, 9.17) is 14.2 Å². The van der Waals surface area contributed by atoms with Gasteiger partial charge in [0.15, 0.2) is 0 Å². The van der Waals surface area contributed by atoms with E-state index in [0.717, 1.165) is 34.1 Å². The quantitative estimate of drug-likeness (QED) is 0.797. The second kappa shape index (κ2) is 6.64. The molecule has 1 heterocycles. The second-order valence-corrected chi connectivity index (χ2v) is 5.81. The van der Waals surface area contributed by atoms with Crippen molar-refractivity contribution < 1.29 is 14.2 Å². The first-order valence-electron chi connectivity index (χ1n) is 5.41. The van der Waals surface area contributed by atoms with Crippen LogP contribution in [0, 0.1) is 5.92 Å². The molecule has 0 spiro atoms. The summed E-state index contributed by atoms with van der Waals surface area (Å²) in [6, 6.07) is 6.03. The molecule has 1 aliphatic heterocycles. The van der Waals surface area contributed by atoms with Crippen molar-refractivity contribution in [1.29, 1.82) is 0 Å². The van der Waals surface area contributed by atoms with Gasteiger partial charge in [-0.25, -0.2) is 0 Å². The van der Waals surface area contributed by atoms with E-state index in [0.29, 0.717) is 12.7 Å². The fraction of sp³-hybridized carbons (Fsp3) is 0.500. The molecule has 0 aromatic heterocycles. The first-order valence-corrected chi connectivity index (χ1v) is 7.19. The molecule has 0 aliphatic carbocycles. The molecule has 1 fully saturated rings. The number of benzene rings is 1. The molecule has 0 radical (unpaired) electrons. The van der Waals surface area contributed by atoms with Crippen molar-refractivity contribution in [3.8, 4) is 5.75 Å². The van der Waals surface area contributed by atoms with E-state index in [1.165, 1.54) is 0 Å². The van der Waals surface area contributed by atoms with Gasteiger partial charge in [-0.3, -0.25) is 0 Å². The third kappa shape index (κ3) is 3.88. The molecular formula is C12H15BrO3S. The summed E-state index contributed by atoms with van der Waals surface area (Å²) in [6.45, 7) is 1.99. The van der Waals surface area contributed by atoms with Crippen LogP contribution in [-0.2, 0) is 9.47 Å². The smallest absolute Gasteiger partial charge is 0.146 e. The lowest BCUT2D eigenvalue weighted by molar-refractivity contribution is -0.120. The largest absolute Gasteiger partial charge is 0.496 e. The molecule has 1 saturated heterocycles. The third-order valence-corrected chi connectivity index (χ3v) is 4.24. The molecule has 1 aromatic rings. The summed E-state index contributed by atoms with van der Waals surface area (Å²) in [7, 11) is 1.69. The van der Waals surface area contributed by atoms with Gasteiger partial charge >= 0.3 is 0 Å². The van der Waals surface area contributed by atoms with E-state index in [9.17, 15) is 0 Å². The molecule has 0 N–H and O–H groups in total. The summed E-state index contributed by atoms with van der Waals surface area (Å²) < 4.78 is 17.0. The minimum atomic E-state index is 0.432. The van der Waals surface area contributed by atoms with Crippen molar-refractivity contribution >= 4 is 27.7 Å². The standard InChI is InChI=1S/C12H15BrO3S/c1-14-11-3-2-10(13)4-12(11)17-7-9-5-15-8-16-6-9/h2-4,9H,5-8H2,1H3. The summed E-state index contributed by atoms with van der Waals surface area (Å²) in [5.74, 6) is 2.35. The maximum absolute atomic E-state index is 5.34. The lowest BCUT2D eigenvalue weighted by Crippen LogP contribution is -2.25. The van der Waals surface area contributed by atoms with Crippen molar-refractivity contribution in [3.05, 3.63) is 22.7 Å². The number of halogens is 1. The zero-order valence-electron chi connectivity index (χ0n) is 9.65. The minimum Gasteiger partial charge on any atom is -0.496 e. The Labute approximate surface area is 114 Å². The molecular weight excluding hydrogens is 304 g/mol. The molecule has 3 nitrogen and oxygen atoms in total. The molecule has 17 heavy (non-hydrogen) atoms. The van der Waals surface area contributed by atoms with Crippen LogP contribution in [0.4, 0.5) is 0 Å². The predicted molar refractivity (Wildman–Crippen MR) is 71.7 cm³/mol. The first-order chi connectivity index (χ1) is 8.29. The molecule has 1 aliphatic rings. The van der Waals surface area contributed by atoms with Crippen LogP contribution in [-0.4, -0.2) is 32.9 Å². The summed E-state index contributed by atoms with van der Waals surface area (Å²) in [6.07, 6.45) is 0. The van der Waals surface area contributed by atoms with E-state index in [-0.39, 0.29) is 0 Å². The number of hydrogen-bond acceptors (Lipinski definition) is 4. The van der Waals surface area contributed by atoms with Crippen molar-refractivity contribution in [2.24, 2.45) is 5.92 Å². The van der Waals surface area contributed by atoms with Gasteiger partial charge in [0.25, 0.3) is 0 Å². The highest BCUT2D eigenvalue weighted by molar-refractivity contribution is 9.10. The van der Waals surface area contributed by atoms with Gasteiger partial charge < -0.3 is 14.2 Å². The SMILES string of the molecule is COc1ccc(Br)cc1SCC1COCOC1. The highest BCUT2D eigenvalue weighted by Gasteiger charge is 2.15. The normalized spacial score (nSPS) is 17.1. The lowest BCUT2D eigenvalue weighted by atomic mass is 10.2. The van der Waals surface area contributed by atoms with Crippen molar-refractivity contribution in [2.75, 3.05) is 32.9 Å². The maximum Gasteiger partial charge on any atom is 0.146 e. The van der Waals surface area contributed by atoms with Gasteiger partial charge in [0.2, 0.25) is 0 Å². The van der Waals surface area contributed by atoms with Gasteiger partial charge in [-0.05, 0) is 18.2 Å². The summed E-state index contributed by atoms with van der Waals surface area (Å²) in [4.78, 5) is 1.15. The Balaban J connectivity index is 1.95. The Morgan fingerprint density at radius 3 is 2.88 bits per heavy atom. The van der Waals surface area contributed by atoms with Crippen LogP contribution in [0.1, 0.15) is 0 Å². The highest BCUT2D eigenvalue weighted by Crippen LogP contribution is 2.33. The van der Waals surface area contributed by atoms with Crippen molar-refractivity contribution in [3.63, 3.8) is 0 Å². The summed E-state index contributed by atoms with van der Waals surface area (Å²) in [5.41, 5.74) is 0. The summed E-state index contributed by atoms with van der Waals surface area (Å²) >= 11 is 5.25. The Hall–Kier alpha value is -0.230. The Bertz CT molecular complexity index is 367. The Kier molecular flexibility index (Phi) is 5.16. The molecule has 94 valence electrons. The number of thioether (sulfide) groups is 1. The van der Waals surface area contributed by atoms with Gasteiger partial charge in [0.1, 0.15) is 12.5 Å². The summed E-state index contributed by atoms with van der Waals surface area (Å²) in [5, 5.41) is 0. The van der Waals surface area contributed by atoms with Crippen LogP contribution in [0.2, 0.25) is 0 Å². The van der Waals surface area contributed by atoms with E-state index >= 15 is 0 Å². The number of methoxy groups -OCH3 is 1. The number of ether oxygens (including phenoxy) is 3. The fourth-order valence-corrected chi connectivity index (χ4v) is 3.23. The van der Waals surface area contributed by atoms with Gasteiger partial charge in [-0.1, -0.05) is 15.9 Å². The van der Waals surface area contributed by atoms with Gasteiger partial charge in [0.05, 0.1) is 25.2 Å². The highest BCUT2D eigenvalue weighted by atomic mass is 79.9. The first kappa shape index (κ1) is 13.2. The predicted octanol–water partition coefficient (Wildman–Crippen LogP) is 3.17.